The highest BCUT2D eigenvalue weighted by atomic mass is 16.5. The van der Waals surface area contributed by atoms with Crippen molar-refractivity contribution in [2.75, 3.05) is 19.8 Å². The molecular weight excluding hydrogens is 250 g/mol. The molecule has 1 aliphatic rings. The number of ether oxygens (including phenoxy) is 2. The van der Waals surface area contributed by atoms with Crippen LogP contribution in [0, 0.1) is 0 Å². The van der Waals surface area contributed by atoms with Gasteiger partial charge in [-0.1, -0.05) is 18.9 Å². The zero-order chi connectivity index (χ0) is 14.4. The van der Waals surface area contributed by atoms with Crippen molar-refractivity contribution in [2.24, 2.45) is 0 Å². The zero-order valence-electron chi connectivity index (χ0n) is 13.0. The minimum Gasteiger partial charge on any atom is -0.490 e. The minimum atomic E-state index is 0.0487. The molecule has 1 atom stereocenters. The Labute approximate surface area is 122 Å². The molecule has 1 aliphatic heterocycles. The Morgan fingerprint density at radius 2 is 1.80 bits per heavy atom. The van der Waals surface area contributed by atoms with Crippen molar-refractivity contribution in [1.82, 2.24) is 5.32 Å². The molecule has 3 nitrogen and oxygen atoms in total. The molecule has 112 valence electrons. The predicted octanol–water partition coefficient (Wildman–Crippen LogP) is 3.86. The van der Waals surface area contributed by atoms with Gasteiger partial charge in [0.25, 0.3) is 0 Å². The number of hydrogen-bond acceptors (Lipinski definition) is 3. The molecule has 0 bridgehead atoms. The molecule has 20 heavy (non-hydrogen) atoms. The van der Waals surface area contributed by atoms with Gasteiger partial charge in [-0.3, -0.25) is 0 Å². The number of nitrogens with one attached hydrogen (secondary N) is 1. The van der Waals surface area contributed by atoms with Gasteiger partial charge in [0.2, 0.25) is 0 Å². The summed E-state index contributed by atoms with van der Waals surface area (Å²) in [4.78, 5) is 0. The van der Waals surface area contributed by atoms with E-state index in [4.69, 9.17) is 9.47 Å². The van der Waals surface area contributed by atoms with Crippen LogP contribution < -0.4 is 14.8 Å². The average Bonchev–Trinajstić information content (AvgIpc) is 2.67. The van der Waals surface area contributed by atoms with Crippen LogP contribution in [0.5, 0.6) is 11.5 Å². The molecule has 0 aromatic heterocycles. The molecule has 1 aromatic carbocycles. The first-order chi connectivity index (χ1) is 9.69. The van der Waals surface area contributed by atoms with Gasteiger partial charge in [0.05, 0.1) is 13.2 Å². The average molecular weight is 277 g/mol. The Balaban J connectivity index is 2.28. The van der Waals surface area contributed by atoms with E-state index < -0.39 is 0 Å². The van der Waals surface area contributed by atoms with E-state index in [1.807, 2.05) is 19.9 Å². The van der Waals surface area contributed by atoms with Crippen LogP contribution in [-0.2, 0) is 5.54 Å². The van der Waals surface area contributed by atoms with E-state index in [9.17, 15) is 0 Å². The number of rotatable bonds is 5. The first-order valence-electron chi connectivity index (χ1n) is 7.84. The molecule has 3 heteroatoms. The third kappa shape index (κ3) is 3.45. The van der Waals surface area contributed by atoms with Gasteiger partial charge in [-0.15, -0.1) is 0 Å². The van der Waals surface area contributed by atoms with Crippen molar-refractivity contribution in [2.45, 2.75) is 52.0 Å². The standard InChI is InChI=1S/C17H27NO2/c1-4-19-15-10-9-14(13-16(15)20-5-2)17(3)11-7-6-8-12-18-17/h9-10,13,18H,4-8,11-12H2,1-3H3. The van der Waals surface area contributed by atoms with E-state index in [-0.39, 0.29) is 5.54 Å². The molecule has 1 saturated heterocycles. The summed E-state index contributed by atoms with van der Waals surface area (Å²) < 4.78 is 11.4. The van der Waals surface area contributed by atoms with Crippen LogP contribution >= 0.6 is 0 Å². The third-order valence-corrected chi connectivity index (χ3v) is 4.05. The molecule has 2 rings (SSSR count). The number of benzene rings is 1. The molecule has 0 radical (unpaired) electrons. The highest BCUT2D eigenvalue weighted by molar-refractivity contribution is 5.45. The van der Waals surface area contributed by atoms with Crippen LogP contribution in [0.3, 0.4) is 0 Å². The van der Waals surface area contributed by atoms with Crippen LogP contribution in [0.2, 0.25) is 0 Å². The van der Waals surface area contributed by atoms with Crippen molar-refractivity contribution < 1.29 is 9.47 Å². The van der Waals surface area contributed by atoms with E-state index in [1.54, 1.807) is 0 Å². The molecule has 0 saturated carbocycles. The van der Waals surface area contributed by atoms with Crippen molar-refractivity contribution in [3.63, 3.8) is 0 Å². The second kappa shape index (κ2) is 6.98. The van der Waals surface area contributed by atoms with E-state index in [1.165, 1.54) is 31.2 Å². The van der Waals surface area contributed by atoms with Gasteiger partial charge >= 0.3 is 0 Å². The first kappa shape index (κ1) is 15.2. The zero-order valence-corrected chi connectivity index (χ0v) is 13.0. The molecule has 1 heterocycles. The SMILES string of the molecule is CCOc1ccc(C2(C)CCCCCN2)cc1OCC. The fraction of sp³-hybridized carbons (Fsp3) is 0.647. The monoisotopic (exact) mass is 277 g/mol. The van der Waals surface area contributed by atoms with Crippen LogP contribution in [-0.4, -0.2) is 19.8 Å². The van der Waals surface area contributed by atoms with Crippen molar-refractivity contribution in [3.8, 4) is 11.5 Å². The Morgan fingerprint density at radius 3 is 2.55 bits per heavy atom. The summed E-state index contributed by atoms with van der Waals surface area (Å²) in [6, 6.07) is 6.36. The molecule has 0 amide bonds. The van der Waals surface area contributed by atoms with Gasteiger partial charge in [-0.25, -0.2) is 0 Å². The topological polar surface area (TPSA) is 30.5 Å². The normalized spacial score (nSPS) is 23.1. The van der Waals surface area contributed by atoms with Gasteiger partial charge in [0.1, 0.15) is 0 Å². The third-order valence-electron chi connectivity index (χ3n) is 4.05. The molecule has 1 N–H and O–H groups in total. The Hall–Kier alpha value is -1.22. The lowest BCUT2D eigenvalue weighted by Gasteiger charge is -2.30. The molecular formula is C17H27NO2. The Morgan fingerprint density at radius 1 is 1.05 bits per heavy atom. The van der Waals surface area contributed by atoms with Crippen LogP contribution in [0.25, 0.3) is 0 Å². The highest BCUT2D eigenvalue weighted by Gasteiger charge is 2.28. The summed E-state index contributed by atoms with van der Waals surface area (Å²) in [5.74, 6) is 1.70. The van der Waals surface area contributed by atoms with Crippen LogP contribution in [0.4, 0.5) is 0 Å². The lowest BCUT2D eigenvalue weighted by molar-refractivity contribution is 0.285. The summed E-state index contributed by atoms with van der Waals surface area (Å²) >= 11 is 0. The van der Waals surface area contributed by atoms with Crippen molar-refractivity contribution in [1.29, 1.82) is 0 Å². The van der Waals surface area contributed by atoms with Gasteiger partial charge in [0.15, 0.2) is 11.5 Å². The van der Waals surface area contributed by atoms with E-state index in [0.29, 0.717) is 13.2 Å². The van der Waals surface area contributed by atoms with E-state index in [2.05, 4.69) is 24.4 Å². The summed E-state index contributed by atoms with van der Waals surface area (Å²) in [7, 11) is 0. The number of hydrogen-bond donors (Lipinski definition) is 1. The van der Waals surface area contributed by atoms with Crippen molar-refractivity contribution in [3.05, 3.63) is 23.8 Å². The van der Waals surface area contributed by atoms with Crippen LogP contribution in [0.15, 0.2) is 18.2 Å². The fourth-order valence-corrected chi connectivity index (χ4v) is 2.87. The summed E-state index contributed by atoms with van der Waals surface area (Å²) in [6.45, 7) is 8.71. The second-order valence-corrected chi connectivity index (χ2v) is 5.60. The lowest BCUT2D eigenvalue weighted by Crippen LogP contribution is -2.38. The summed E-state index contributed by atoms with van der Waals surface area (Å²) in [5.41, 5.74) is 1.35. The quantitative estimate of drug-likeness (QED) is 0.886. The largest absolute Gasteiger partial charge is 0.490 e. The highest BCUT2D eigenvalue weighted by Crippen LogP contribution is 2.35. The molecule has 0 aliphatic carbocycles. The van der Waals surface area contributed by atoms with Crippen LogP contribution in [0.1, 0.15) is 52.0 Å². The van der Waals surface area contributed by atoms with Gasteiger partial charge in [-0.2, -0.15) is 0 Å². The molecule has 0 spiro atoms. The van der Waals surface area contributed by atoms with Gasteiger partial charge < -0.3 is 14.8 Å². The molecule has 1 unspecified atom stereocenters. The molecule has 1 aromatic rings. The fourth-order valence-electron chi connectivity index (χ4n) is 2.87. The lowest BCUT2D eigenvalue weighted by atomic mass is 9.87. The summed E-state index contributed by atoms with van der Waals surface area (Å²) in [6.07, 6.45) is 5.04. The predicted molar refractivity (Wildman–Crippen MR) is 82.6 cm³/mol. The Kier molecular flexibility index (Phi) is 5.30. The Bertz CT molecular complexity index is 423. The maximum atomic E-state index is 5.74. The van der Waals surface area contributed by atoms with E-state index >= 15 is 0 Å². The molecule has 1 fully saturated rings. The minimum absolute atomic E-state index is 0.0487. The van der Waals surface area contributed by atoms with E-state index in [0.717, 1.165) is 18.0 Å². The maximum absolute atomic E-state index is 5.74. The smallest absolute Gasteiger partial charge is 0.161 e. The first-order valence-corrected chi connectivity index (χ1v) is 7.84. The van der Waals surface area contributed by atoms with Gasteiger partial charge in [-0.05, 0) is 57.9 Å². The van der Waals surface area contributed by atoms with Gasteiger partial charge in [0, 0.05) is 5.54 Å². The maximum Gasteiger partial charge on any atom is 0.161 e. The van der Waals surface area contributed by atoms with Crippen molar-refractivity contribution >= 4 is 0 Å². The second-order valence-electron chi connectivity index (χ2n) is 5.60. The summed E-state index contributed by atoms with van der Waals surface area (Å²) in [5, 5.41) is 3.70.